The van der Waals surface area contributed by atoms with Crippen LogP contribution in [0.4, 0.5) is 0 Å². The Labute approximate surface area is 121 Å². The van der Waals surface area contributed by atoms with Crippen LogP contribution in [-0.4, -0.2) is 42.9 Å². The van der Waals surface area contributed by atoms with Crippen LogP contribution in [0.3, 0.4) is 0 Å². The van der Waals surface area contributed by atoms with Crippen LogP contribution < -0.4 is 11.1 Å². The molecule has 19 heavy (non-hydrogen) atoms. The van der Waals surface area contributed by atoms with Gasteiger partial charge in [-0.2, -0.15) is 0 Å². The highest BCUT2D eigenvalue weighted by Gasteiger charge is 2.23. The van der Waals surface area contributed by atoms with Gasteiger partial charge in [-0.3, -0.25) is 9.59 Å². The lowest BCUT2D eigenvalue weighted by molar-refractivity contribution is -0.134. The summed E-state index contributed by atoms with van der Waals surface area (Å²) in [6.07, 6.45) is 3.43. The van der Waals surface area contributed by atoms with Gasteiger partial charge in [0.05, 0.1) is 13.1 Å². The highest BCUT2D eigenvalue weighted by molar-refractivity contribution is 5.85. The van der Waals surface area contributed by atoms with Gasteiger partial charge in [0.15, 0.2) is 0 Å². The summed E-state index contributed by atoms with van der Waals surface area (Å²) < 4.78 is 0. The van der Waals surface area contributed by atoms with E-state index in [1.54, 1.807) is 0 Å². The number of likely N-dealkylation sites (tertiary alicyclic amines) is 1. The number of nitrogens with two attached hydrogens (primary N) is 1. The predicted octanol–water partition coefficient (Wildman–Crippen LogP) is 0.768. The third-order valence-corrected chi connectivity index (χ3v) is 3.30. The lowest BCUT2D eigenvalue weighted by Gasteiger charge is -2.33. The van der Waals surface area contributed by atoms with Crippen molar-refractivity contribution in [3.8, 4) is 0 Å². The van der Waals surface area contributed by atoms with Crippen LogP contribution in [-0.2, 0) is 9.59 Å². The Morgan fingerprint density at radius 3 is 2.68 bits per heavy atom. The van der Waals surface area contributed by atoms with E-state index >= 15 is 0 Å². The molecule has 0 radical (unpaired) electrons. The average Bonchev–Trinajstić information content (AvgIpc) is 2.35. The Kier molecular flexibility index (Phi) is 8.76. The van der Waals surface area contributed by atoms with Crippen LogP contribution in [0.25, 0.3) is 0 Å². The molecule has 1 aliphatic heterocycles. The largest absolute Gasteiger partial charge is 0.346 e. The summed E-state index contributed by atoms with van der Waals surface area (Å²) in [5.74, 6) is 0.999. The van der Waals surface area contributed by atoms with Gasteiger partial charge < -0.3 is 16.0 Å². The second-order valence-corrected chi connectivity index (χ2v) is 5.46. The quantitative estimate of drug-likeness (QED) is 0.785. The van der Waals surface area contributed by atoms with E-state index in [4.69, 9.17) is 5.73 Å². The van der Waals surface area contributed by atoms with E-state index in [1.165, 1.54) is 12.8 Å². The second-order valence-electron chi connectivity index (χ2n) is 5.46. The molecule has 5 nitrogen and oxygen atoms in total. The summed E-state index contributed by atoms with van der Waals surface area (Å²) >= 11 is 0. The van der Waals surface area contributed by atoms with E-state index in [0.717, 1.165) is 19.5 Å². The molecule has 1 heterocycles. The number of piperidine rings is 1. The van der Waals surface area contributed by atoms with E-state index in [2.05, 4.69) is 19.2 Å². The van der Waals surface area contributed by atoms with Crippen LogP contribution in [0.1, 0.15) is 33.1 Å². The van der Waals surface area contributed by atoms with E-state index in [9.17, 15) is 9.59 Å². The molecule has 1 rings (SSSR count). The van der Waals surface area contributed by atoms with Crippen LogP contribution >= 0.6 is 12.4 Å². The zero-order valence-electron chi connectivity index (χ0n) is 11.9. The monoisotopic (exact) mass is 291 g/mol. The Balaban J connectivity index is 0.00000324. The van der Waals surface area contributed by atoms with E-state index in [0.29, 0.717) is 11.8 Å². The standard InChI is InChI=1S/C13H25N3O2.ClH/c1-10(2)6-11-4-3-5-16(9-11)13(18)8-15-12(17)7-14;/h10-11H,3-9,14H2,1-2H3,(H,15,17);1H. The molecule has 6 heteroatoms. The molecule has 0 aromatic rings. The third kappa shape index (κ3) is 6.78. The van der Waals surface area contributed by atoms with E-state index < -0.39 is 0 Å². The number of halogens is 1. The molecular weight excluding hydrogens is 266 g/mol. The minimum Gasteiger partial charge on any atom is -0.346 e. The summed E-state index contributed by atoms with van der Waals surface area (Å²) in [5.41, 5.74) is 5.18. The van der Waals surface area contributed by atoms with Crippen LogP contribution in [0.5, 0.6) is 0 Å². The molecule has 112 valence electrons. The maximum Gasteiger partial charge on any atom is 0.241 e. The number of hydrogen-bond donors (Lipinski definition) is 2. The molecular formula is C13H26ClN3O2. The number of amides is 2. The molecule has 1 unspecified atom stereocenters. The van der Waals surface area contributed by atoms with Crippen molar-refractivity contribution in [3.05, 3.63) is 0 Å². The maximum atomic E-state index is 11.9. The lowest BCUT2D eigenvalue weighted by Crippen LogP contribution is -2.46. The summed E-state index contributed by atoms with van der Waals surface area (Å²) in [6.45, 7) is 6.07. The Morgan fingerprint density at radius 2 is 2.11 bits per heavy atom. The van der Waals surface area contributed by atoms with Gasteiger partial charge in [0.2, 0.25) is 11.8 Å². The average molecular weight is 292 g/mol. The zero-order valence-corrected chi connectivity index (χ0v) is 12.7. The van der Waals surface area contributed by atoms with Gasteiger partial charge >= 0.3 is 0 Å². The van der Waals surface area contributed by atoms with Gasteiger partial charge in [-0.25, -0.2) is 0 Å². The zero-order chi connectivity index (χ0) is 13.5. The van der Waals surface area contributed by atoms with Crippen molar-refractivity contribution < 1.29 is 9.59 Å². The number of nitrogens with one attached hydrogen (secondary N) is 1. The molecule has 1 aliphatic rings. The van der Waals surface area contributed by atoms with E-state index in [-0.39, 0.29) is 37.3 Å². The van der Waals surface area contributed by atoms with Gasteiger partial charge in [-0.05, 0) is 31.1 Å². The first kappa shape index (κ1) is 18.2. The first-order chi connectivity index (χ1) is 8.52. The highest BCUT2D eigenvalue weighted by Crippen LogP contribution is 2.22. The minimum atomic E-state index is -0.279. The topological polar surface area (TPSA) is 75.4 Å². The molecule has 0 aromatic carbocycles. The van der Waals surface area contributed by atoms with Crippen molar-refractivity contribution >= 4 is 24.2 Å². The molecule has 1 atom stereocenters. The molecule has 1 fully saturated rings. The molecule has 0 aromatic heterocycles. The number of carbonyl (C=O) groups is 2. The van der Waals surface area contributed by atoms with Gasteiger partial charge in [0.25, 0.3) is 0 Å². The Bertz CT molecular complexity index is 298. The minimum absolute atomic E-state index is 0. The third-order valence-electron chi connectivity index (χ3n) is 3.30. The molecule has 0 bridgehead atoms. The molecule has 1 saturated heterocycles. The maximum absolute atomic E-state index is 11.9. The predicted molar refractivity (Wildman–Crippen MR) is 78.1 cm³/mol. The summed E-state index contributed by atoms with van der Waals surface area (Å²) in [4.78, 5) is 24.8. The molecule has 0 saturated carbocycles. The first-order valence-corrected chi connectivity index (χ1v) is 6.77. The molecule has 0 spiro atoms. The number of rotatable bonds is 5. The fourth-order valence-corrected chi connectivity index (χ4v) is 2.51. The van der Waals surface area contributed by atoms with Crippen LogP contribution in [0.2, 0.25) is 0 Å². The number of nitrogens with zero attached hydrogens (tertiary/aromatic N) is 1. The first-order valence-electron chi connectivity index (χ1n) is 6.77. The molecule has 2 amide bonds. The normalized spacial score (nSPS) is 18.9. The van der Waals surface area contributed by atoms with Crippen molar-refractivity contribution in [2.24, 2.45) is 17.6 Å². The van der Waals surface area contributed by atoms with Crippen LogP contribution in [0, 0.1) is 11.8 Å². The SMILES string of the molecule is CC(C)CC1CCCN(C(=O)CNC(=O)CN)C1.Cl. The van der Waals surface area contributed by atoms with Gasteiger partial charge in [0, 0.05) is 13.1 Å². The number of carbonyl (C=O) groups excluding carboxylic acids is 2. The summed E-state index contributed by atoms with van der Waals surface area (Å²) in [6, 6.07) is 0. The van der Waals surface area contributed by atoms with Crippen molar-refractivity contribution in [2.45, 2.75) is 33.1 Å². The van der Waals surface area contributed by atoms with Gasteiger partial charge in [-0.1, -0.05) is 13.8 Å². The lowest BCUT2D eigenvalue weighted by atomic mass is 9.90. The van der Waals surface area contributed by atoms with Gasteiger partial charge in [0.1, 0.15) is 0 Å². The molecule has 0 aliphatic carbocycles. The Hall–Kier alpha value is -0.810. The smallest absolute Gasteiger partial charge is 0.241 e. The van der Waals surface area contributed by atoms with Crippen LogP contribution in [0.15, 0.2) is 0 Å². The fraction of sp³-hybridized carbons (Fsp3) is 0.846. The Morgan fingerprint density at radius 1 is 1.42 bits per heavy atom. The summed E-state index contributed by atoms with van der Waals surface area (Å²) in [5, 5.41) is 2.53. The van der Waals surface area contributed by atoms with Crippen molar-refractivity contribution in [3.63, 3.8) is 0 Å². The molecule has 3 N–H and O–H groups in total. The number of hydrogen-bond acceptors (Lipinski definition) is 3. The fourth-order valence-electron chi connectivity index (χ4n) is 2.51. The second kappa shape index (κ2) is 9.15. The van der Waals surface area contributed by atoms with E-state index in [1.807, 2.05) is 4.90 Å². The summed E-state index contributed by atoms with van der Waals surface area (Å²) in [7, 11) is 0. The van der Waals surface area contributed by atoms with Crippen molar-refractivity contribution in [1.82, 2.24) is 10.2 Å². The van der Waals surface area contributed by atoms with Gasteiger partial charge in [-0.15, -0.1) is 12.4 Å². The van der Waals surface area contributed by atoms with Crippen molar-refractivity contribution in [2.75, 3.05) is 26.2 Å². The van der Waals surface area contributed by atoms with Crippen molar-refractivity contribution in [1.29, 1.82) is 0 Å². The highest BCUT2D eigenvalue weighted by atomic mass is 35.5.